The summed E-state index contributed by atoms with van der Waals surface area (Å²) < 4.78 is 34.0. The fraction of sp³-hybridized carbons (Fsp3) is 0.0556. The van der Waals surface area contributed by atoms with Crippen LogP contribution in [0.1, 0.15) is 11.1 Å². The zero-order valence-corrected chi connectivity index (χ0v) is 14.3. The van der Waals surface area contributed by atoms with Crippen molar-refractivity contribution >= 4 is 27.6 Å². The highest BCUT2D eigenvalue weighted by atomic mass is 32.2. The molecule has 1 heterocycles. The molecular formula is C18H15NO3S2. The van der Waals surface area contributed by atoms with Gasteiger partial charge in [-0.2, -0.15) is 12.8 Å². The molecule has 6 heteroatoms. The van der Waals surface area contributed by atoms with Gasteiger partial charge < -0.3 is 4.74 Å². The Labute approximate surface area is 145 Å². The third kappa shape index (κ3) is 4.10. The van der Waals surface area contributed by atoms with Crippen LogP contribution in [-0.2, 0) is 16.6 Å². The Kier molecular flexibility index (Phi) is 5.08. The van der Waals surface area contributed by atoms with Crippen molar-refractivity contribution in [1.29, 1.82) is 0 Å². The van der Waals surface area contributed by atoms with Crippen LogP contribution in [0, 0.1) is 0 Å². The fourth-order valence-electron chi connectivity index (χ4n) is 2.06. The number of ether oxygens (including phenoxy) is 1. The van der Waals surface area contributed by atoms with E-state index in [1.54, 1.807) is 17.5 Å². The van der Waals surface area contributed by atoms with Crippen molar-refractivity contribution in [3.05, 3.63) is 83.2 Å². The predicted octanol–water partition coefficient (Wildman–Crippen LogP) is 4.13. The highest BCUT2D eigenvalue weighted by molar-refractivity contribution is 7.92. The Balaban J connectivity index is 1.78. The first kappa shape index (κ1) is 16.4. The minimum absolute atomic E-state index is 0.233. The molecule has 0 bridgehead atoms. The van der Waals surface area contributed by atoms with Gasteiger partial charge >= 0.3 is 0 Å². The summed E-state index contributed by atoms with van der Waals surface area (Å²) >= 11 is 1.15. The molecule has 0 atom stereocenters. The quantitative estimate of drug-likeness (QED) is 0.623. The molecule has 0 spiro atoms. The van der Waals surface area contributed by atoms with E-state index >= 15 is 0 Å². The van der Waals surface area contributed by atoms with E-state index in [2.05, 4.69) is 4.40 Å². The molecule has 0 aliphatic rings. The maximum absolute atomic E-state index is 12.1. The average molecular weight is 357 g/mol. The minimum atomic E-state index is -3.65. The van der Waals surface area contributed by atoms with Gasteiger partial charge in [-0.1, -0.05) is 48.5 Å². The second-order valence-corrected chi connectivity index (χ2v) is 7.75. The van der Waals surface area contributed by atoms with Crippen molar-refractivity contribution in [2.75, 3.05) is 0 Å². The lowest BCUT2D eigenvalue weighted by Gasteiger charge is -2.08. The van der Waals surface area contributed by atoms with Crippen molar-refractivity contribution < 1.29 is 13.2 Å². The molecule has 0 aliphatic carbocycles. The van der Waals surface area contributed by atoms with Crippen LogP contribution < -0.4 is 4.74 Å². The summed E-state index contributed by atoms with van der Waals surface area (Å²) in [6, 6.07) is 20.1. The monoisotopic (exact) mass is 357 g/mol. The first-order valence-corrected chi connectivity index (χ1v) is 9.57. The van der Waals surface area contributed by atoms with Crippen LogP contribution in [0.4, 0.5) is 0 Å². The summed E-state index contributed by atoms with van der Waals surface area (Å²) in [4.78, 5) is 0. The van der Waals surface area contributed by atoms with Crippen LogP contribution in [0.2, 0.25) is 0 Å². The van der Waals surface area contributed by atoms with Gasteiger partial charge in [0.1, 0.15) is 16.6 Å². The number of sulfonamides is 1. The molecule has 0 radical (unpaired) electrons. The van der Waals surface area contributed by atoms with Crippen molar-refractivity contribution in [2.45, 2.75) is 10.8 Å². The zero-order chi connectivity index (χ0) is 16.8. The lowest BCUT2D eigenvalue weighted by atomic mass is 10.1. The second-order valence-electron chi connectivity index (χ2n) is 4.94. The van der Waals surface area contributed by atoms with Crippen molar-refractivity contribution in [3.8, 4) is 5.75 Å². The average Bonchev–Trinajstić information content (AvgIpc) is 3.15. The molecule has 4 nitrogen and oxygen atoms in total. The zero-order valence-electron chi connectivity index (χ0n) is 12.7. The molecule has 0 amide bonds. The van der Waals surface area contributed by atoms with Gasteiger partial charge in [-0.3, -0.25) is 0 Å². The molecule has 0 fully saturated rings. The third-order valence-electron chi connectivity index (χ3n) is 3.27. The normalized spacial score (nSPS) is 11.7. The van der Waals surface area contributed by atoms with Crippen LogP contribution in [0.3, 0.4) is 0 Å². The van der Waals surface area contributed by atoms with Crippen LogP contribution in [0.25, 0.3) is 0 Å². The first-order valence-electron chi connectivity index (χ1n) is 7.25. The highest BCUT2D eigenvalue weighted by Crippen LogP contribution is 2.19. The van der Waals surface area contributed by atoms with Crippen LogP contribution in [-0.4, -0.2) is 14.6 Å². The predicted molar refractivity (Wildman–Crippen MR) is 96.3 cm³/mol. The number of benzene rings is 2. The largest absolute Gasteiger partial charge is 0.489 e. The maximum Gasteiger partial charge on any atom is 0.291 e. The number of nitrogens with zero attached hydrogens (tertiary/aromatic N) is 1. The molecule has 1 aromatic heterocycles. The summed E-state index contributed by atoms with van der Waals surface area (Å²) in [6.07, 6.45) is 1.37. The van der Waals surface area contributed by atoms with E-state index in [0.717, 1.165) is 22.6 Å². The van der Waals surface area contributed by atoms with Gasteiger partial charge in [-0.25, -0.2) is 0 Å². The maximum atomic E-state index is 12.1. The third-order valence-corrected chi connectivity index (χ3v) is 5.88. The van der Waals surface area contributed by atoms with Crippen LogP contribution in [0.15, 0.2) is 80.7 Å². The molecule has 122 valence electrons. The topological polar surface area (TPSA) is 55.7 Å². The summed E-state index contributed by atoms with van der Waals surface area (Å²) in [7, 11) is -3.65. The number of hydrogen-bond acceptors (Lipinski definition) is 4. The van der Waals surface area contributed by atoms with E-state index in [9.17, 15) is 8.42 Å². The van der Waals surface area contributed by atoms with Gasteiger partial charge in [0.15, 0.2) is 0 Å². The molecule has 0 saturated heterocycles. The highest BCUT2D eigenvalue weighted by Gasteiger charge is 2.12. The van der Waals surface area contributed by atoms with Gasteiger partial charge in [0.2, 0.25) is 0 Å². The van der Waals surface area contributed by atoms with Gasteiger partial charge in [0, 0.05) is 11.8 Å². The molecule has 0 N–H and O–H groups in total. The molecule has 3 aromatic rings. The van der Waals surface area contributed by atoms with Gasteiger partial charge in [-0.15, -0.1) is 11.3 Å². The Morgan fingerprint density at radius 2 is 1.71 bits per heavy atom. The minimum Gasteiger partial charge on any atom is -0.489 e. The Bertz CT molecular complexity index is 918. The lowest BCUT2D eigenvalue weighted by molar-refractivity contribution is 0.306. The molecule has 3 rings (SSSR count). The van der Waals surface area contributed by atoms with Gasteiger partial charge in [0.25, 0.3) is 10.0 Å². The lowest BCUT2D eigenvalue weighted by Crippen LogP contribution is -2.01. The number of thiophene rings is 1. The van der Waals surface area contributed by atoms with Gasteiger partial charge in [-0.05, 0) is 29.1 Å². The van der Waals surface area contributed by atoms with E-state index in [4.69, 9.17) is 4.74 Å². The van der Waals surface area contributed by atoms with Crippen molar-refractivity contribution in [2.24, 2.45) is 4.40 Å². The molecule has 0 unspecified atom stereocenters. The van der Waals surface area contributed by atoms with Gasteiger partial charge in [0.05, 0.1) is 0 Å². The number of hydrogen-bond donors (Lipinski definition) is 0. The van der Waals surface area contributed by atoms with E-state index in [-0.39, 0.29) is 4.21 Å². The Hall–Kier alpha value is -2.44. The summed E-state index contributed by atoms with van der Waals surface area (Å²) in [6.45, 7) is 0.339. The summed E-state index contributed by atoms with van der Waals surface area (Å²) in [5, 5.41) is 1.71. The SMILES string of the molecule is O=S(=O)(/N=C\c1ccccc1COc1ccccc1)c1cccs1. The number of rotatable bonds is 6. The van der Waals surface area contributed by atoms with Crippen LogP contribution in [0.5, 0.6) is 5.75 Å². The second kappa shape index (κ2) is 7.42. The van der Waals surface area contributed by atoms with Crippen LogP contribution >= 0.6 is 11.3 Å². The fourth-order valence-corrected chi connectivity index (χ4v) is 3.90. The standard InChI is InChI=1S/C18H15NO3S2/c20-24(21,18-11-6-12-23-18)19-13-15-7-4-5-8-16(15)14-22-17-9-2-1-3-10-17/h1-13H,14H2/b19-13-. The summed E-state index contributed by atoms with van der Waals surface area (Å²) in [5.41, 5.74) is 1.58. The Morgan fingerprint density at radius 3 is 2.46 bits per heavy atom. The smallest absolute Gasteiger partial charge is 0.291 e. The van der Waals surface area contributed by atoms with Crippen molar-refractivity contribution in [3.63, 3.8) is 0 Å². The Morgan fingerprint density at radius 1 is 0.958 bits per heavy atom. The van der Waals surface area contributed by atoms with E-state index in [1.165, 1.54) is 6.21 Å². The molecule has 0 saturated carbocycles. The molecular weight excluding hydrogens is 342 g/mol. The molecule has 2 aromatic carbocycles. The van der Waals surface area contributed by atoms with Crippen molar-refractivity contribution in [1.82, 2.24) is 0 Å². The molecule has 24 heavy (non-hydrogen) atoms. The van der Waals surface area contributed by atoms with E-state index < -0.39 is 10.0 Å². The van der Waals surface area contributed by atoms with E-state index in [1.807, 2.05) is 54.6 Å². The first-order chi connectivity index (χ1) is 11.6. The molecule has 0 aliphatic heterocycles. The summed E-state index contributed by atoms with van der Waals surface area (Å²) in [5.74, 6) is 0.760. The number of para-hydroxylation sites is 1. The van der Waals surface area contributed by atoms with E-state index in [0.29, 0.717) is 12.2 Å².